The third-order valence-electron chi connectivity index (χ3n) is 4.41. The first kappa shape index (κ1) is 16.1. The van der Waals surface area contributed by atoms with E-state index in [9.17, 15) is 13.2 Å². The van der Waals surface area contributed by atoms with Gasteiger partial charge in [-0.15, -0.1) is 0 Å². The molecule has 1 aliphatic carbocycles. The number of fused-ring (bicyclic) bond motifs is 2. The summed E-state index contributed by atoms with van der Waals surface area (Å²) in [5, 5.41) is 2.03. The van der Waals surface area contributed by atoms with Crippen molar-refractivity contribution in [2.45, 2.75) is 12.8 Å². The van der Waals surface area contributed by atoms with Crippen LogP contribution < -0.4 is 9.60 Å². The summed E-state index contributed by atoms with van der Waals surface area (Å²) in [7, 11) is -1.92. The van der Waals surface area contributed by atoms with Gasteiger partial charge in [0.25, 0.3) is 10.0 Å². The molecule has 7 heteroatoms. The summed E-state index contributed by atoms with van der Waals surface area (Å²) < 4.78 is 29.7. The minimum atomic E-state index is -3.64. The molecule has 0 bridgehead atoms. The summed E-state index contributed by atoms with van der Waals surface area (Å²) in [6.45, 7) is 0. The van der Waals surface area contributed by atoms with E-state index >= 15 is 0 Å². The van der Waals surface area contributed by atoms with Crippen molar-refractivity contribution in [1.29, 1.82) is 0 Å². The molecule has 4 rings (SSSR count). The average Bonchev–Trinajstić information content (AvgIpc) is 2.88. The number of hydrogen-bond acceptors (Lipinski definition) is 4. The van der Waals surface area contributed by atoms with Crippen LogP contribution in [-0.4, -0.2) is 13.0 Å². The number of aromatic nitrogens is 1. The average molecular weight is 372 g/mol. The van der Waals surface area contributed by atoms with Gasteiger partial charge in [-0.2, -0.15) is 0 Å². The molecule has 1 aromatic heterocycles. The van der Waals surface area contributed by atoms with Gasteiger partial charge in [0, 0.05) is 18.4 Å². The van der Waals surface area contributed by atoms with Crippen molar-refractivity contribution in [3.8, 4) is 0 Å². The first-order chi connectivity index (χ1) is 11.9. The van der Waals surface area contributed by atoms with Gasteiger partial charge in [0.05, 0.1) is 9.78 Å². The predicted octanol–water partition coefficient (Wildman–Crippen LogP) is 3.33. The Kier molecular flexibility index (Phi) is 3.77. The molecular weight excluding hydrogens is 356 g/mol. The number of sulfonamides is 1. The van der Waals surface area contributed by atoms with Gasteiger partial charge in [0.2, 0.25) is 0 Å². The monoisotopic (exact) mass is 372 g/mol. The van der Waals surface area contributed by atoms with Crippen molar-refractivity contribution >= 4 is 43.9 Å². The van der Waals surface area contributed by atoms with E-state index in [2.05, 4.69) is 4.72 Å². The Labute approximate surface area is 149 Å². The van der Waals surface area contributed by atoms with Crippen LogP contribution in [0.3, 0.4) is 0 Å². The van der Waals surface area contributed by atoms with Crippen LogP contribution in [0.4, 0.5) is 5.69 Å². The van der Waals surface area contributed by atoms with E-state index in [4.69, 9.17) is 0 Å². The SMILES string of the molecule is Cn1c2c(sc1=O)C=C(S(=O)(=O)Nc1ccc3ccccc3c1)CC2. The quantitative estimate of drug-likeness (QED) is 0.767. The number of thiazole rings is 1. The lowest BCUT2D eigenvalue weighted by Gasteiger charge is -2.16. The lowest BCUT2D eigenvalue weighted by Crippen LogP contribution is -2.18. The maximum atomic E-state index is 12.7. The summed E-state index contributed by atoms with van der Waals surface area (Å²) >= 11 is 1.08. The molecule has 128 valence electrons. The molecule has 0 atom stereocenters. The Balaban J connectivity index is 1.68. The molecule has 2 aromatic carbocycles. The van der Waals surface area contributed by atoms with Crippen LogP contribution in [0.5, 0.6) is 0 Å². The first-order valence-electron chi connectivity index (χ1n) is 7.85. The van der Waals surface area contributed by atoms with E-state index in [1.165, 1.54) is 0 Å². The van der Waals surface area contributed by atoms with Gasteiger partial charge in [-0.3, -0.25) is 9.52 Å². The summed E-state index contributed by atoms with van der Waals surface area (Å²) in [5.41, 5.74) is 1.44. The zero-order chi connectivity index (χ0) is 17.6. The largest absolute Gasteiger partial charge is 0.307 e. The number of nitrogens with one attached hydrogen (secondary N) is 1. The zero-order valence-electron chi connectivity index (χ0n) is 13.5. The maximum absolute atomic E-state index is 12.7. The van der Waals surface area contributed by atoms with Crippen molar-refractivity contribution < 1.29 is 8.42 Å². The molecular formula is C18H16N2O3S2. The van der Waals surface area contributed by atoms with Crippen molar-refractivity contribution in [1.82, 2.24) is 4.57 Å². The van der Waals surface area contributed by atoms with Crippen molar-refractivity contribution in [2.75, 3.05) is 4.72 Å². The fourth-order valence-electron chi connectivity index (χ4n) is 3.05. The number of nitrogens with zero attached hydrogens (tertiary/aromatic N) is 1. The molecule has 1 N–H and O–H groups in total. The van der Waals surface area contributed by atoms with Gasteiger partial charge in [-0.1, -0.05) is 41.7 Å². The second-order valence-corrected chi connectivity index (χ2v) is 8.74. The number of rotatable bonds is 3. The third kappa shape index (κ3) is 2.89. The van der Waals surface area contributed by atoms with Crippen LogP contribution in [0.1, 0.15) is 17.0 Å². The second-order valence-electron chi connectivity index (χ2n) is 6.02. The first-order valence-corrected chi connectivity index (χ1v) is 10.1. The fraction of sp³-hybridized carbons (Fsp3) is 0.167. The van der Waals surface area contributed by atoms with Crippen molar-refractivity contribution in [2.24, 2.45) is 7.05 Å². The molecule has 0 saturated carbocycles. The van der Waals surface area contributed by atoms with Gasteiger partial charge in [0.15, 0.2) is 0 Å². The van der Waals surface area contributed by atoms with Crippen LogP contribution in [0.15, 0.2) is 52.2 Å². The highest BCUT2D eigenvalue weighted by Crippen LogP contribution is 2.30. The molecule has 1 aliphatic rings. The van der Waals surface area contributed by atoms with E-state index in [1.807, 2.05) is 36.4 Å². The molecule has 1 heterocycles. The van der Waals surface area contributed by atoms with Gasteiger partial charge >= 0.3 is 4.87 Å². The normalized spacial score (nSPS) is 14.2. The van der Waals surface area contributed by atoms with Gasteiger partial charge in [0.1, 0.15) is 0 Å². The second kappa shape index (κ2) is 5.86. The number of benzene rings is 2. The molecule has 25 heavy (non-hydrogen) atoms. The van der Waals surface area contributed by atoms with Crippen molar-refractivity contribution in [3.05, 3.63) is 67.6 Å². The minimum absolute atomic E-state index is 0.0672. The Morgan fingerprint density at radius 3 is 2.64 bits per heavy atom. The number of hydrogen-bond donors (Lipinski definition) is 1. The maximum Gasteiger partial charge on any atom is 0.307 e. The Morgan fingerprint density at radius 1 is 1.08 bits per heavy atom. The summed E-state index contributed by atoms with van der Waals surface area (Å²) in [6.07, 6.45) is 2.56. The summed E-state index contributed by atoms with van der Waals surface area (Å²) in [4.78, 5) is 12.7. The standard InChI is InChI=1S/C18H16N2O3S2/c1-20-16-9-8-15(11-17(16)24-18(20)21)25(22,23)19-14-7-6-12-4-2-3-5-13(12)10-14/h2-7,10-11,19H,8-9H2,1H3. The van der Waals surface area contributed by atoms with E-state index in [0.29, 0.717) is 23.4 Å². The molecule has 0 saturated heterocycles. The van der Waals surface area contributed by atoms with Crippen LogP contribution in [0.2, 0.25) is 0 Å². The molecule has 0 unspecified atom stereocenters. The Bertz CT molecular complexity index is 1170. The van der Waals surface area contributed by atoms with E-state index < -0.39 is 10.0 Å². The minimum Gasteiger partial charge on any atom is -0.305 e. The smallest absolute Gasteiger partial charge is 0.305 e. The van der Waals surface area contributed by atoms with Crippen LogP contribution in [-0.2, 0) is 23.5 Å². The molecule has 0 amide bonds. The Morgan fingerprint density at radius 2 is 1.84 bits per heavy atom. The van der Waals surface area contributed by atoms with Gasteiger partial charge in [-0.25, -0.2) is 8.42 Å². The predicted molar refractivity (Wildman–Crippen MR) is 102 cm³/mol. The van der Waals surface area contributed by atoms with E-state index in [0.717, 1.165) is 32.7 Å². The molecule has 0 aliphatic heterocycles. The lowest BCUT2D eigenvalue weighted by atomic mass is 10.1. The van der Waals surface area contributed by atoms with Gasteiger partial charge in [-0.05, 0) is 41.8 Å². The Hall–Kier alpha value is -2.38. The van der Waals surface area contributed by atoms with Gasteiger partial charge < -0.3 is 4.57 Å². The van der Waals surface area contributed by atoms with Crippen molar-refractivity contribution in [3.63, 3.8) is 0 Å². The van der Waals surface area contributed by atoms with Crippen LogP contribution >= 0.6 is 11.3 Å². The number of anilines is 1. The zero-order valence-corrected chi connectivity index (χ0v) is 15.2. The van der Waals surface area contributed by atoms with E-state index in [1.54, 1.807) is 23.8 Å². The molecule has 0 spiro atoms. The van der Waals surface area contributed by atoms with E-state index in [-0.39, 0.29) is 4.87 Å². The summed E-state index contributed by atoms with van der Waals surface area (Å²) in [5.74, 6) is 0. The highest BCUT2D eigenvalue weighted by Gasteiger charge is 2.24. The molecule has 0 radical (unpaired) electrons. The third-order valence-corrected chi connectivity index (χ3v) is 6.95. The number of allylic oxidation sites excluding steroid dienone is 1. The highest BCUT2D eigenvalue weighted by molar-refractivity contribution is 7.96. The lowest BCUT2D eigenvalue weighted by molar-refractivity contribution is 0.604. The molecule has 3 aromatic rings. The summed E-state index contributed by atoms with van der Waals surface area (Å²) in [6, 6.07) is 13.3. The van der Waals surface area contributed by atoms with Crippen LogP contribution in [0.25, 0.3) is 16.8 Å². The topological polar surface area (TPSA) is 68.2 Å². The fourth-order valence-corrected chi connectivity index (χ4v) is 5.33. The van der Waals surface area contributed by atoms with Crippen LogP contribution in [0, 0.1) is 0 Å². The molecule has 0 fully saturated rings. The molecule has 5 nitrogen and oxygen atoms in total. The highest BCUT2D eigenvalue weighted by atomic mass is 32.2.